The minimum Gasteiger partial charge on any atom is -0.377 e. The van der Waals surface area contributed by atoms with Crippen LogP contribution in [-0.4, -0.2) is 37.4 Å². The lowest BCUT2D eigenvalue weighted by molar-refractivity contribution is -0.134. The van der Waals surface area contributed by atoms with Gasteiger partial charge in [0.05, 0.1) is 5.92 Å². The Labute approximate surface area is 193 Å². The minimum atomic E-state index is -0.165. The van der Waals surface area contributed by atoms with Gasteiger partial charge in [0.25, 0.3) is 0 Å². The van der Waals surface area contributed by atoms with Crippen LogP contribution in [-0.2, 0) is 16.1 Å². The maximum Gasteiger partial charge on any atom is 0.230 e. The zero-order chi connectivity index (χ0) is 23.8. The van der Waals surface area contributed by atoms with Crippen LogP contribution in [0, 0.1) is 11.8 Å². The summed E-state index contributed by atoms with van der Waals surface area (Å²) in [5, 5.41) is 2.99. The van der Waals surface area contributed by atoms with E-state index < -0.39 is 0 Å². The molecule has 0 fully saturated rings. The van der Waals surface area contributed by atoms with E-state index in [0.717, 1.165) is 28.9 Å². The van der Waals surface area contributed by atoms with Gasteiger partial charge in [-0.3, -0.25) is 9.59 Å². The number of anilines is 2. The van der Waals surface area contributed by atoms with Crippen LogP contribution in [0.15, 0.2) is 48.5 Å². The van der Waals surface area contributed by atoms with Gasteiger partial charge in [-0.1, -0.05) is 65.0 Å². The Morgan fingerprint density at radius 3 is 2.16 bits per heavy atom. The first-order valence-corrected chi connectivity index (χ1v) is 11.6. The molecule has 0 saturated heterocycles. The molecule has 0 aliphatic heterocycles. The van der Waals surface area contributed by atoms with Gasteiger partial charge in [0.2, 0.25) is 11.8 Å². The lowest BCUT2D eigenvalue weighted by Crippen LogP contribution is -2.37. The number of rotatable bonds is 10. The molecule has 0 spiro atoms. The Kier molecular flexibility index (Phi) is 9.30. The third kappa shape index (κ3) is 6.84. The molecule has 0 saturated carbocycles. The molecule has 2 rings (SSSR count). The number of nitrogens with one attached hydrogen (secondary N) is 1. The lowest BCUT2D eigenvalue weighted by Gasteiger charge is -2.30. The van der Waals surface area contributed by atoms with E-state index in [1.54, 1.807) is 0 Å². The second kappa shape index (κ2) is 11.7. The topological polar surface area (TPSA) is 52.7 Å². The molecule has 0 aliphatic rings. The van der Waals surface area contributed by atoms with E-state index in [0.29, 0.717) is 19.0 Å². The van der Waals surface area contributed by atoms with E-state index in [2.05, 4.69) is 31.0 Å². The lowest BCUT2D eigenvalue weighted by atomic mass is 9.94. The van der Waals surface area contributed by atoms with E-state index in [-0.39, 0.29) is 23.7 Å². The molecule has 5 nitrogen and oxygen atoms in total. The second-order valence-electron chi connectivity index (χ2n) is 9.37. The molecule has 0 heterocycles. The van der Waals surface area contributed by atoms with E-state index in [9.17, 15) is 9.59 Å². The van der Waals surface area contributed by atoms with E-state index in [1.165, 1.54) is 0 Å². The number of nitrogens with zero attached hydrogens (tertiary/aromatic N) is 2. The summed E-state index contributed by atoms with van der Waals surface area (Å²) >= 11 is 0. The molecule has 5 heteroatoms. The van der Waals surface area contributed by atoms with Gasteiger partial charge in [-0.2, -0.15) is 0 Å². The van der Waals surface area contributed by atoms with Crippen molar-refractivity contribution in [1.29, 1.82) is 0 Å². The average molecular weight is 438 g/mol. The number of carbonyl (C=O) groups is 2. The Balaban J connectivity index is 2.39. The first-order valence-electron chi connectivity index (χ1n) is 11.6. The SMILES string of the molecule is CC[C@H](C(=O)N(Cc1cc(NC(=O)C(C)C)ccc1N(C)C)CC(C)C)c1ccccc1. The van der Waals surface area contributed by atoms with Crippen molar-refractivity contribution in [2.45, 2.75) is 53.5 Å². The van der Waals surface area contributed by atoms with Gasteiger partial charge in [0.1, 0.15) is 0 Å². The summed E-state index contributed by atoms with van der Waals surface area (Å²) < 4.78 is 0. The first kappa shape index (κ1) is 25.4. The van der Waals surface area contributed by atoms with E-state index in [1.807, 2.05) is 81.4 Å². The fourth-order valence-electron chi connectivity index (χ4n) is 3.85. The predicted octanol–water partition coefficient (Wildman–Crippen LogP) is 5.53. The number of benzene rings is 2. The standard InChI is InChI=1S/C27H39N3O2/c1-8-24(21-12-10-9-11-13-21)27(32)30(17-19(2)3)18-22-16-23(28-26(31)20(4)5)14-15-25(22)29(6)7/h9-16,19-20,24H,8,17-18H2,1-7H3,(H,28,31)/t24-/m0/s1. The number of hydrogen-bond acceptors (Lipinski definition) is 3. The summed E-state index contributed by atoms with van der Waals surface area (Å²) in [5.41, 5.74) is 3.88. The van der Waals surface area contributed by atoms with Gasteiger partial charge >= 0.3 is 0 Å². The summed E-state index contributed by atoms with van der Waals surface area (Å²) in [6.45, 7) is 11.3. The van der Waals surface area contributed by atoms with Crippen LogP contribution in [0.1, 0.15) is 58.1 Å². The van der Waals surface area contributed by atoms with Crippen molar-refractivity contribution in [2.24, 2.45) is 11.8 Å². The molecule has 2 aromatic carbocycles. The molecule has 174 valence electrons. The maximum absolute atomic E-state index is 13.7. The van der Waals surface area contributed by atoms with E-state index in [4.69, 9.17) is 0 Å². The molecule has 1 atom stereocenters. The monoisotopic (exact) mass is 437 g/mol. The highest BCUT2D eigenvalue weighted by Crippen LogP contribution is 2.28. The van der Waals surface area contributed by atoms with Crippen LogP contribution in [0.25, 0.3) is 0 Å². The third-order valence-electron chi connectivity index (χ3n) is 5.52. The quantitative estimate of drug-likeness (QED) is 0.532. The highest BCUT2D eigenvalue weighted by molar-refractivity contribution is 5.92. The predicted molar refractivity (Wildman–Crippen MR) is 134 cm³/mol. The molecule has 0 radical (unpaired) electrons. The average Bonchev–Trinajstić information content (AvgIpc) is 2.74. The number of amides is 2. The zero-order valence-electron chi connectivity index (χ0n) is 20.7. The first-order chi connectivity index (χ1) is 15.1. The molecule has 32 heavy (non-hydrogen) atoms. The molecule has 2 aromatic rings. The molecular formula is C27H39N3O2. The van der Waals surface area contributed by atoms with Crippen molar-refractivity contribution in [2.75, 3.05) is 30.9 Å². The molecule has 0 aliphatic carbocycles. The van der Waals surface area contributed by atoms with Gasteiger partial charge in [-0.05, 0) is 41.7 Å². The molecule has 2 amide bonds. The third-order valence-corrected chi connectivity index (χ3v) is 5.52. The van der Waals surface area contributed by atoms with Gasteiger partial charge in [-0.25, -0.2) is 0 Å². The summed E-state index contributed by atoms with van der Waals surface area (Å²) in [6.07, 6.45) is 0.752. The normalized spacial score (nSPS) is 12.0. The fourth-order valence-corrected chi connectivity index (χ4v) is 3.85. The Morgan fingerprint density at radius 2 is 1.62 bits per heavy atom. The summed E-state index contributed by atoms with van der Waals surface area (Å²) in [7, 11) is 4.00. The molecule has 0 unspecified atom stereocenters. The smallest absolute Gasteiger partial charge is 0.230 e. The van der Waals surface area contributed by atoms with Crippen LogP contribution in [0.2, 0.25) is 0 Å². The van der Waals surface area contributed by atoms with Crippen LogP contribution in [0.4, 0.5) is 11.4 Å². The molecule has 0 bridgehead atoms. The largest absolute Gasteiger partial charge is 0.377 e. The Morgan fingerprint density at radius 1 is 0.969 bits per heavy atom. The fraction of sp³-hybridized carbons (Fsp3) is 0.481. The molecular weight excluding hydrogens is 398 g/mol. The van der Waals surface area contributed by atoms with Crippen LogP contribution >= 0.6 is 0 Å². The minimum absolute atomic E-state index is 0.0150. The second-order valence-corrected chi connectivity index (χ2v) is 9.37. The summed E-state index contributed by atoms with van der Waals surface area (Å²) in [5.74, 6) is 0.218. The highest BCUT2D eigenvalue weighted by Gasteiger charge is 2.26. The number of carbonyl (C=O) groups excluding carboxylic acids is 2. The number of hydrogen-bond donors (Lipinski definition) is 1. The van der Waals surface area contributed by atoms with Gasteiger partial charge in [0.15, 0.2) is 0 Å². The van der Waals surface area contributed by atoms with Crippen molar-refractivity contribution < 1.29 is 9.59 Å². The molecule has 0 aromatic heterocycles. The van der Waals surface area contributed by atoms with Crippen molar-refractivity contribution in [3.05, 3.63) is 59.7 Å². The molecule has 1 N–H and O–H groups in total. The Bertz CT molecular complexity index is 891. The van der Waals surface area contributed by atoms with E-state index >= 15 is 0 Å². The van der Waals surface area contributed by atoms with Crippen molar-refractivity contribution in [3.8, 4) is 0 Å². The highest BCUT2D eigenvalue weighted by atomic mass is 16.2. The van der Waals surface area contributed by atoms with Gasteiger partial charge in [-0.15, -0.1) is 0 Å². The van der Waals surface area contributed by atoms with Crippen molar-refractivity contribution >= 4 is 23.2 Å². The summed E-state index contributed by atoms with van der Waals surface area (Å²) in [6, 6.07) is 16.0. The van der Waals surface area contributed by atoms with Crippen molar-refractivity contribution in [3.63, 3.8) is 0 Å². The maximum atomic E-state index is 13.7. The zero-order valence-corrected chi connectivity index (χ0v) is 20.7. The summed E-state index contributed by atoms with van der Waals surface area (Å²) in [4.78, 5) is 29.9. The van der Waals surface area contributed by atoms with Crippen LogP contribution < -0.4 is 10.2 Å². The van der Waals surface area contributed by atoms with Crippen molar-refractivity contribution in [1.82, 2.24) is 4.90 Å². The van der Waals surface area contributed by atoms with Gasteiger partial charge in [0, 0.05) is 44.5 Å². The van der Waals surface area contributed by atoms with Crippen LogP contribution in [0.5, 0.6) is 0 Å². The van der Waals surface area contributed by atoms with Gasteiger partial charge < -0.3 is 15.1 Å². The Hall–Kier alpha value is -2.82. The van der Waals surface area contributed by atoms with Crippen LogP contribution in [0.3, 0.4) is 0 Å².